The Labute approximate surface area is 118 Å². The zero-order valence-electron chi connectivity index (χ0n) is 11.4. The summed E-state index contributed by atoms with van der Waals surface area (Å²) in [4.78, 5) is 14.1. The second-order valence-corrected chi connectivity index (χ2v) is 5.43. The van der Waals surface area contributed by atoms with Crippen molar-refractivity contribution in [3.63, 3.8) is 0 Å². The van der Waals surface area contributed by atoms with E-state index in [0.29, 0.717) is 6.04 Å². The summed E-state index contributed by atoms with van der Waals surface area (Å²) in [7, 11) is 0. The Morgan fingerprint density at radius 2 is 2.00 bits per heavy atom. The molecule has 20 heavy (non-hydrogen) atoms. The average Bonchev–Trinajstić information content (AvgIpc) is 2.54. The van der Waals surface area contributed by atoms with Gasteiger partial charge in [0.15, 0.2) is 0 Å². The number of ether oxygens (including phenoxy) is 1. The van der Waals surface area contributed by atoms with Gasteiger partial charge in [-0.15, -0.1) is 0 Å². The van der Waals surface area contributed by atoms with Crippen molar-refractivity contribution in [1.82, 2.24) is 14.9 Å². The quantitative estimate of drug-likeness (QED) is 0.777. The molecule has 2 aliphatic rings. The maximum Gasteiger partial charge on any atom is 0.147 e. The fraction of sp³-hybridized carbons (Fsp3) is 0.467. The number of rotatable bonds is 1. The summed E-state index contributed by atoms with van der Waals surface area (Å²) in [5.74, 6) is 0.980. The summed E-state index contributed by atoms with van der Waals surface area (Å²) in [6.07, 6.45) is 1.89. The molecule has 104 valence electrons. The molecule has 1 aromatic carbocycles. The summed E-state index contributed by atoms with van der Waals surface area (Å²) >= 11 is 0. The molecule has 1 unspecified atom stereocenters. The zero-order valence-corrected chi connectivity index (χ0v) is 11.4. The lowest BCUT2D eigenvalue weighted by molar-refractivity contribution is -0.0117. The summed E-state index contributed by atoms with van der Waals surface area (Å²) in [5, 5.41) is 0. The van der Waals surface area contributed by atoms with Crippen LogP contribution in [0.5, 0.6) is 0 Å². The van der Waals surface area contributed by atoms with Gasteiger partial charge in [0.25, 0.3) is 0 Å². The van der Waals surface area contributed by atoms with Gasteiger partial charge in [-0.1, -0.05) is 12.1 Å². The molecule has 1 atom stereocenters. The van der Waals surface area contributed by atoms with Gasteiger partial charge in [0.2, 0.25) is 0 Å². The fourth-order valence-electron chi connectivity index (χ4n) is 3.05. The number of hydrogen-bond donors (Lipinski definition) is 0. The number of nitrogens with zero attached hydrogens (tertiary/aromatic N) is 4. The first-order chi connectivity index (χ1) is 9.90. The lowest BCUT2D eigenvalue weighted by Gasteiger charge is -2.44. The van der Waals surface area contributed by atoms with Gasteiger partial charge < -0.3 is 9.64 Å². The molecule has 0 bridgehead atoms. The summed E-state index contributed by atoms with van der Waals surface area (Å²) in [6.45, 7) is 5.84. The smallest absolute Gasteiger partial charge is 0.147 e. The molecule has 5 heteroatoms. The third-order valence-electron chi connectivity index (χ3n) is 4.20. The molecule has 0 N–H and O–H groups in total. The van der Waals surface area contributed by atoms with E-state index < -0.39 is 0 Å². The van der Waals surface area contributed by atoms with E-state index in [9.17, 15) is 0 Å². The zero-order chi connectivity index (χ0) is 13.4. The van der Waals surface area contributed by atoms with Gasteiger partial charge in [0, 0.05) is 26.2 Å². The van der Waals surface area contributed by atoms with E-state index in [2.05, 4.69) is 14.8 Å². The maximum atomic E-state index is 5.59. The maximum absolute atomic E-state index is 5.59. The van der Waals surface area contributed by atoms with E-state index in [1.165, 1.54) is 0 Å². The van der Waals surface area contributed by atoms with E-state index in [-0.39, 0.29) is 0 Å². The third-order valence-corrected chi connectivity index (χ3v) is 4.20. The van der Waals surface area contributed by atoms with Gasteiger partial charge in [-0.25, -0.2) is 4.98 Å². The number of hydrogen-bond acceptors (Lipinski definition) is 5. The van der Waals surface area contributed by atoms with E-state index in [1.807, 2.05) is 30.5 Å². The highest BCUT2D eigenvalue weighted by atomic mass is 16.5. The van der Waals surface area contributed by atoms with Gasteiger partial charge in [0.1, 0.15) is 5.82 Å². The van der Waals surface area contributed by atoms with Gasteiger partial charge >= 0.3 is 0 Å². The van der Waals surface area contributed by atoms with Gasteiger partial charge in [-0.2, -0.15) is 0 Å². The topological polar surface area (TPSA) is 41.5 Å². The monoisotopic (exact) mass is 270 g/mol. The fourth-order valence-corrected chi connectivity index (χ4v) is 3.05. The van der Waals surface area contributed by atoms with Crippen molar-refractivity contribution in [3.8, 4) is 0 Å². The molecule has 2 saturated heterocycles. The molecule has 2 aliphatic heterocycles. The molecule has 1 aromatic heterocycles. The number of benzene rings is 1. The minimum absolute atomic E-state index is 0.491. The molecule has 5 nitrogen and oxygen atoms in total. The van der Waals surface area contributed by atoms with E-state index in [1.54, 1.807) is 0 Å². The summed E-state index contributed by atoms with van der Waals surface area (Å²) < 4.78 is 5.59. The van der Waals surface area contributed by atoms with E-state index >= 15 is 0 Å². The molecule has 2 fully saturated rings. The van der Waals surface area contributed by atoms with Gasteiger partial charge in [-0.3, -0.25) is 9.88 Å². The Kier molecular flexibility index (Phi) is 3.01. The Hall–Kier alpha value is -1.72. The van der Waals surface area contributed by atoms with Crippen LogP contribution in [0.15, 0.2) is 30.5 Å². The van der Waals surface area contributed by atoms with E-state index in [0.717, 1.165) is 56.2 Å². The van der Waals surface area contributed by atoms with E-state index in [4.69, 9.17) is 9.72 Å². The lowest BCUT2D eigenvalue weighted by Crippen LogP contribution is -2.58. The molecule has 2 aromatic rings. The lowest BCUT2D eigenvalue weighted by atomic mass is 10.1. The summed E-state index contributed by atoms with van der Waals surface area (Å²) in [5.41, 5.74) is 1.92. The number of morpholine rings is 1. The van der Waals surface area contributed by atoms with Crippen LogP contribution in [0, 0.1) is 0 Å². The number of piperazine rings is 1. The van der Waals surface area contributed by atoms with Crippen LogP contribution in [0.3, 0.4) is 0 Å². The molecule has 0 spiro atoms. The minimum Gasteiger partial charge on any atom is -0.378 e. The SMILES string of the molecule is c1ccc2nc(N3CCN4CCOCC4C3)cnc2c1. The van der Waals surface area contributed by atoms with Crippen LogP contribution in [0.1, 0.15) is 0 Å². The van der Waals surface area contributed by atoms with Crippen molar-refractivity contribution in [2.75, 3.05) is 44.3 Å². The Balaban J connectivity index is 1.59. The Morgan fingerprint density at radius 3 is 2.95 bits per heavy atom. The van der Waals surface area contributed by atoms with Crippen LogP contribution in [-0.4, -0.2) is 60.3 Å². The number of anilines is 1. The third kappa shape index (κ3) is 2.13. The van der Waals surface area contributed by atoms with Crippen molar-refractivity contribution >= 4 is 16.9 Å². The van der Waals surface area contributed by atoms with Crippen LogP contribution in [0.4, 0.5) is 5.82 Å². The molecule has 3 heterocycles. The van der Waals surface area contributed by atoms with Crippen molar-refractivity contribution in [2.24, 2.45) is 0 Å². The number of aromatic nitrogens is 2. The predicted octanol–water partition coefficient (Wildman–Crippen LogP) is 1.15. The standard InChI is InChI=1S/C15H18N4O/c1-2-4-14-13(3-1)16-9-15(17-14)19-6-5-18-7-8-20-11-12(18)10-19/h1-4,9,12H,5-8,10-11H2. The van der Waals surface area contributed by atoms with Gasteiger partial charge in [0.05, 0.1) is 36.5 Å². The second kappa shape index (κ2) is 5.00. The van der Waals surface area contributed by atoms with Crippen LogP contribution < -0.4 is 4.90 Å². The molecule has 4 rings (SSSR count). The normalized spacial score (nSPS) is 23.8. The molecule has 0 saturated carbocycles. The largest absolute Gasteiger partial charge is 0.378 e. The first-order valence-corrected chi connectivity index (χ1v) is 7.19. The highest BCUT2D eigenvalue weighted by Gasteiger charge is 2.30. The van der Waals surface area contributed by atoms with Crippen LogP contribution in [-0.2, 0) is 4.74 Å². The van der Waals surface area contributed by atoms with Crippen molar-refractivity contribution in [1.29, 1.82) is 0 Å². The van der Waals surface area contributed by atoms with Crippen molar-refractivity contribution in [2.45, 2.75) is 6.04 Å². The molecule has 0 aliphatic carbocycles. The first kappa shape index (κ1) is 12.1. The molecular formula is C15H18N4O. The van der Waals surface area contributed by atoms with Crippen LogP contribution in [0.25, 0.3) is 11.0 Å². The van der Waals surface area contributed by atoms with Crippen molar-refractivity contribution in [3.05, 3.63) is 30.5 Å². The van der Waals surface area contributed by atoms with Gasteiger partial charge in [-0.05, 0) is 12.1 Å². The molecular weight excluding hydrogens is 252 g/mol. The first-order valence-electron chi connectivity index (χ1n) is 7.19. The number of fused-ring (bicyclic) bond motifs is 2. The highest BCUT2D eigenvalue weighted by molar-refractivity contribution is 5.75. The highest BCUT2D eigenvalue weighted by Crippen LogP contribution is 2.20. The number of para-hydroxylation sites is 2. The Bertz CT molecular complexity index is 618. The summed E-state index contributed by atoms with van der Waals surface area (Å²) in [6, 6.07) is 8.51. The average molecular weight is 270 g/mol. The minimum atomic E-state index is 0.491. The molecule has 0 radical (unpaired) electrons. The van der Waals surface area contributed by atoms with Crippen LogP contribution in [0.2, 0.25) is 0 Å². The predicted molar refractivity (Wildman–Crippen MR) is 77.9 cm³/mol. The Morgan fingerprint density at radius 1 is 1.10 bits per heavy atom. The molecule has 0 amide bonds. The van der Waals surface area contributed by atoms with Crippen LogP contribution >= 0.6 is 0 Å². The second-order valence-electron chi connectivity index (χ2n) is 5.43. The van der Waals surface area contributed by atoms with Crippen molar-refractivity contribution < 1.29 is 4.74 Å².